The lowest BCUT2D eigenvalue weighted by Gasteiger charge is -2.07. The smallest absolute Gasteiger partial charge is 0.260 e. The molecule has 1 N–H and O–H groups in total. The van der Waals surface area contributed by atoms with Gasteiger partial charge in [0.05, 0.1) is 23.1 Å². The van der Waals surface area contributed by atoms with Gasteiger partial charge in [-0.2, -0.15) is 5.10 Å². The highest BCUT2D eigenvalue weighted by Gasteiger charge is 2.18. The van der Waals surface area contributed by atoms with Crippen molar-refractivity contribution >= 4 is 22.4 Å². The second kappa shape index (κ2) is 6.07. The average molecular weight is 313 g/mol. The summed E-state index contributed by atoms with van der Waals surface area (Å²) < 4.78 is 1.79. The van der Waals surface area contributed by atoms with Crippen LogP contribution in [0.4, 0.5) is 5.13 Å². The Balaban J connectivity index is 1.91. The quantitative estimate of drug-likeness (QED) is 0.804. The lowest BCUT2D eigenvalue weighted by molar-refractivity contribution is 0.102. The van der Waals surface area contributed by atoms with E-state index >= 15 is 0 Å². The third-order valence-corrected chi connectivity index (χ3v) is 3.95. The lowest BCUT2D eigenvalue weighted by atomic mass is 10.2. The third kappa shape index (κ3) is 2.75. The summed E-state index contributed by atoms with van der Waals surface area (Å²) in [5, 5.41) is 16.2. The predicted molar refractivity (Wildman–Crippen MR) is 85.5 cm³/mol. The molecule has 0 aliphatic carbocycles. The first-order chi connectivity index (χ1) is 10.7. The maximum Gasteiger partial charge on any atom is 0.260 e. The number of carbonyl (C=O) groups excluding carboxylic acids is 1. The van der Waals surface area contributed by atoms with Crippen LogP contribution in [-0.2, 0) is 6.42 Å². The molecule has 0 radical (unpaired) electrons. The van der Waals surface area contributed by atoms with Crippen LogP contribution in [-0.4, -0.2) is 25.9 Å². The summed E-state index contributed by atoms with van der Waals surface area (Å²) in [7, 11) is 0. The van der Waals surface area contributed by atoms with Crippen LogP contribution >= 0.6 is 11.3 Å². The first-order valence-electron chi connectivity index (χ1n) is 6.93. The van der Waals surface area contributed by atoms with E-state index in [0.29, 0.717) is 17.1 Å². The van der Waals surface area contributed by atoms with Crippen molar-refractivity contribution < 1.29 is 4.79 Å². The van der Waals surface area contributed by atoms with E-state index in [1.165, 1.54) is 11.3 Å². The van der Waals surface area contributed by atoms with Crippen LogP contribution in [0.25, 0.3) is 5.69 Å². The molecule has 0 unspecified atom stereocenters. The van der Waals surface area contributed by atoms with Gasteiger partial charge in [-0.1, -0.05) is 36.5 Å². The van der Waals surface area contributed by atoms with Crippen molar-refractivity contribution in [2.45, 2.75) is 20.3 Å². The topological polar surface area (TPSA) is 72.7 Å². The molecule has 0 bridgehead atoms. The van der Waals surface area contributed by atoms with Crippen LogP contribution in [0.15, 0.2) is 36.5 Å². The van der Waals surface area contributed by atoms with Gasteiger partial charge >= 0.3 is 0 Å². The maximum absolute atomic E-state index is 12.4. The highest BCUT2D eigenvalue weighted by atomic mass is 32.1. The van der Waals surface area contributed by atoms with E-state index in [2.05, 4.69) is 20.6 Å². The standard InChI is InChI=1S/C15H15N5OS/c1-3-13-12(14(21)17-15-19-18-10(2)22-15)9-16-20(13)11-7-5-4-6-8-11/h4-9H,3H2,1-2H3,(H,17,19,21). The number of aryl methyl sites for hydroxylation is 1. The third-order valence-electron chi connectivity index (χ3n) is 3.20. The molecule has 2 heterocycles. The second-order valence-corrected chi connectivity index (χ2v) is 5.87. The summed E-state index contributed by atoms with van der Waals surface area (Å²) in [6.07, 6.45) is 2.29. The lowest BCUT2D eigenvalue weighted by Crippen LogP contribution is -2.14. The van der Waals surface area contributed by atoms with Gasteiger partial charge in [0.25, 0.3) is 5.91 Å². The van der Waals surface area contributed by atoms with Crippen LogP contribution < -0.4 is 5.32 Å². The van der Waals surface area contributed by atoms with Gasteiger partial charge in [0.1, 0.15) is 5.01 Å². The molecule has 0 saturated heterocycles. The molecule has 0 saturated carbocycles. The van der Waals surface area contributed by atoms with Crippen molar-refractivity contribution in [1.82, 2.24) is 20.0 Å². The number of hydrogen-bond donors (Lipinski definition) is 1. The molecule has 3 rings (SSSR count). The first-order valence-corrected chi connectivity index (χ1v) is 7.74. The van der Waals surface area contributed by atoms with Gasteiger partial charge in [-0.3, -0.25) is 10.1 Å². The van der Waals surface area contributed by atoms with Crippen LogP contribution in [0.2, 0.25) is 0 Å². The molecule has 0 fully saturated rings. The number of benzene rings is 1. The highest BCUT2D eigenvalue weighted by Crippen LogP contribution is 2.19. The number of nitrogens with zero attached hydrogens (tertiary/aromatic N) is 4. The van der Waals surface area contributed by atoms with E-state index in [0.717, 1.165) is 16.4 Å². The van der Waals surface area contributed by atoms with Crippen LogP contribution in [0.1, 0.15) is 28.0 Å². The fraction of sp³-hybridized carbons (Fsp3) is 0.200. The van der Waals surface area contributed by atoms with Gasteiger partial charge in [-0.25, -0.2) is 4.68 Å². The van der Waals surface area contributed by atoms with Crippen molar-refractivity contribution in [1.29, 1.82) is 0 Å². The predicted octanol–water partition coefficient (Wildman–Crippen LogP) is 2.85. The van der Waals surface area contributed by atoms with E-state index in [4.69, 9.17) is 0 Å². The summed E-state index contributed by atoms with van der Waals surface area (Å²) in [5.74, 6) is -0.213. The Morgan fingerprint density at radius 2 is 2.05 bits per heavy atom. The maximum atomic E-state index is 12.4. The summed E-state index contributed by atoms with van der Waals surface area (Å²) in [4.78, 5) is 12.4. The Morgan fingerprint density at radius 1 is 1.27 bits per heavy atom. The molecule has 22 heavy (non-hydrogen) atoms. The fourth-order valence-corrected chi connectivity index (χ4v) is 2.79. The number of carbonyl (C=O) groups is 1. The van der Waals surface area contributed by atoms with Gasteiger partial charge in [0.2, 0.25) is 5.13 Å². The molecule has 0 spiro atoms. The Bertz CT molecular complexity index is 793. The minimum Gasteiger partial charge on any atom is -0.296 e. The molecule has 6 nitrogen and oxygen atoms in total. The molecule has 0 atom stereocenters. The van der Waals surface area contributed by atoms with Crippen LogP contribution in [0, 0.1) is 6.92 Å². The minimum atomic E-state index is -0.213. The fourth-order valence-electron chi connectivity index (χ4n) is 2.21. The number of aromatic nitrogens is 4. The van der Waals surface area contributed by atoms with Gasteiger partial charge in [0, 0.05) is 0 Å². The molecule has 3 aromatic rings. The summed E-state index contributed by atoms with van der Waals surface area (Å²) in [5.41, 5.74) is 2.36. The Labute approximate surface area is 131 Å². The molecule has 112 valence electrons. The molecule has 0 aliphatic rings. The van der Waals surface area contributed by atoms with Gasteiger partial charge in [0.15, 0.2) is 0 Å². The number of rotatable bonds is 4. The van der Waals surface area contributed by atoms with Crippen LogP contribution in [0.5, 0.6) is 0 Å². The number of amides is 1. The molecule has 7 heteroatoms. The van der Waals surface area contributed by atoms with E-state index in [9.17, 15) is 4.79 Å². The molecule has 1 amide bonds. The molecular formula is C15H15N5OS. The van der Waals surface area contributed by atoms with Gasteiger partial charge in [-0.05, 0) is 25.5 Å². The first kappa shape index (κ1) is 14.4. The Morgan fingerprint density at radius 3 is 2.68 bits per heavy atom. The molecule has 0 aliphatic heterocycles. The van der Waals surface area contributed by atoms with Crippen molar-refractivity contribution in [2.75, 3.05) is 5.32 Å². The van der Waals surface area contributed by atoms with Gasteiger partial charge in [-0.15, -0.1) is 10.2 Å². The van der Waals surface area contributed by atoms with Crippen LogP contribution in [0.3, 0.4) is 0 Å². The summed E-state index contributed by atoms with van der Waals surface area (Å²) >= 11 is 1.35. The summed E-state index contributed by atoms with van der Waals surface area (Å²) in [6, 6.07) is 9.76. The van der Waals surface area contributed by atoms with E-state index < -0.39 is 0 Å². The second-order valence-electron chi connectivity index (χ2n) is 4.69. The zero-order valence-corrected chi connectivity index (χ0v) is 13.1. The number of para-hydroxylation sites is 1. The highest BCUT2D eigenvalue weighted by molar-refractivity contribution is 7.15. The number of hydrogen-bond acceptors (Lipinski definition) is 5. The van der Waals surface area contributed by atoms with Gasteiger partial charge < -0.3 is 0 Å². The van der Waals surface area contributed by atoms with E-state index in [1.54, 1.807) is 10.9 Å². The molecule has 2 aromatic heterocycles. The Kier molecular flexibility index (Phi) is 3.97. The van der Waals surface area contributed by atoms with Crippen molar-refractivity contribution in [3.8, 4) is 5.69 Å². The molecular weight excluding hydrogens is 298 g/mol. The van der Waals surface area contributed by atoms with E-state index in [1.807, 2.05) is 44.2 Å². The zero-order chi connectivity index (χ0) is 15.5. The average Bonchev–Trinajstić information content (AvgIpc) is 3.14. The number of anilines is 1. The van der Waals surface area contributed by atoms with Crippen molar-refractivity contribution in [3.63, 3.8) is 0 Å². The van der Waals surface area contributed by atoms with Crippen molar-refractivity contribution in [2.24, 2.45) is 0 Å². The van der Waals surface area contributed by atoms with E-state index in [-0.39, 0.29) is 5.91 Å². The molecule has 1 aromatic carbocycles. The normalized spacial score (nSPS) is 10.6. The number of nitrogens with one attached hydrogen (secondary N) is 1. The SMILES string of the molecule is CCc1c(C(=O)Nc2nnc(C)s2)cnn1-c1ccccc1. The largest absolute Gasteiger partial charge is 0.296 e. The minimum absolute atomic E-state index is 0.213. The zero-order valence-electron chi connectivity index (χ0n) is 12.3. The van der Waals surface area contributed by atoms with Crippen molar-refractivity contribution in [3.05, 3.63) is 52.8 Å². The summed E-state index contributed by atoms with van der Waals surface area (Å²) in [6.45, 7) is 3.85. The Hall–Kier alpha value is -2.54. The monoisotopic (exact) mass is 313 g/mol.